The summed E-state index contributed by atoms with van der Waals surface area (Å²) < 4.78 is 3.82. The first-order valence-corrected chi connectivity index (χ1v) is 9.61. The van der Waals surface area contributed by atoms with Gasteiger partial charge in [0, 0.05) is 12.3 Å². The maximum absolute atomic E-state index is 12.9. The standard InChI is InChI=1S/C18H24N4OS/c1-4-5-8-11-21-16(23)14-9-6-7-10-15(14)22-17(21)19-20-18(22)24-12-13(2)3/h6-7,9-10,13H,4-5,8,11-12H2,1-3H3. The number of hydrogen-bond acceptors (Lipinski definition) is 4. The van der Waals surface area contributed by atoms with E-state index in [9.17, 15) is 4.79 Å². The Morgan fingerprint density at radius 2 is 1.96 bits per heavy atom. The van der Waals surface area contributed by atoms with Crippen molar-refractivity contribution in [2.45, 2.75) is 51.7 Å². The predicted molar refractivity (Wildman–Crippen MR) is 99.8 cm³/mol. The highest BCUT2D eigenvalue weighted by Crippen LogP contribution is 2.23. The second-order valence-corrected chi connectivity index (χ2v) is 7.49. The summed E-state index contributed by atoms with van der Waals surface area (Å²) in [6.45, 7) is 7.23. The number of aromatic nitrogens is 4. The van der Waals surface area contributed by atoms with Crippen molar-refractivity contribution in [2.75, 3.05) is 5.75 Å². The third kappa shape index (κ3) is 3.20. The van der Waals surface area contributed by atoms with E-state index in [1.807, 2.05) is 28.7 Å². The van der Waals surface area contributed by atoms with Gasteiger partial charge in [-0.2, -0.15) is 0 Å². The Morgan fingerprint density at radius 1 is 1.17 bits per heavy atom. The highest BCUT2D eigenvalue weighted by molar-refractivity contribution is 7.99. The Kier molecular flexibility index (Phi) is 5.23. The minimum atomic E-state index is 0.0296. The van der Waals surface area contributed by atoms with Crippen molar-refractivity contribution in [3.63, 3.8) is 0 Å². The van der Waals surface area contributed by atoms with E-state index >= 15 is 0 Å². The van der Waals surface area contributed by atoms with Gasteiger partial charge in [-0.3, -0.25) is 13.8 Å². The second-order valence-electron chi connectivity index (χ2n) is 6.50. The van der Waals surface area contributed by atoms with E-state index < -0.39 is 0 Å². The number of unbranched alkanes of at least 4 members (excludes halogenated alkanes) is 2. The lowest BCUT2D eigenvalue weighted by Gasteiger charge is -2.11. The fraction of sp³-hybridized carbons (Fsp3) is 0.500. The Morgan fingerprint density at radius 3 is 2.71 bits per heavy atom. The molecule has 0 aliphatic heterocycles. The molecule has 0 spiro atoms. The smallest absolute Gasteiger partial charge is 0.262 e. The molecule has 0 bridgehead atoms. The molecular weight excluding hydrogens is 320 g/mol. The van der Waals surface area contributed by atoms with Gasteiger partial charge in [-0.05, 0) is 24.5 Å². The Hall–Kier alpha value is -1.82. The quantitative estimate of drug-likeness (QED) is 0.480. The van der Waals surface area contributed by atoms with Gasteiger partial charge in [0.25, 0.3) is 5.56 Å². The van der Waals surface area contributed by atoms with E-state index in [4.69, 9.17) is 0 Å². The molecule has 0 amide bonds. The van der Waals surface area contributed by atoms with Gasteiger partial charge < -0.3 is 0 Å². The summed E-state index contributed by atoms with van der Waals surface area (Å²) in [5.74, 6) is 2.20. The van der Waals surface area contributed by atoms with E-state index in [0.717, 1.165) is 41.1 Å². The van der Waals surface area contributed by atoms with E-state index in [2.05, 4.69) is 31.0 Å². The molecule has 5 nitrogen and oxygen atoms in total. The molecule has 6 heteroatoms. The second kappa shape index (κ2) is 7.38. The molecule has 24 heavy (non-hydrogen) atoms. The largest absolute Gasteiger partial charge is 0.276 e. The topological polar surface area (TPSA) is 52.2 Å². The Labute approximate surface area is 146 Å². The van der Waals surface area contributed by atoms with Crippen molar-refractivity contribution in [3.05, 3.63) is 34.6 Å². The molecule has 3 rings (SSSR count). The van der Waals surface area contributed by atoms with Crippen LogP contribution in [0.5, 0.6) is 0 Å². The maximum atomic E-state index is 12.9. The Balaban J connectivity index is 2.18. The van der Waals surface area contributed by atoms with Crippen LogP contribution in [0.3, 0.4) is 0 Å². The molecule has 0 saturated heterocycles. The van der Waals surface area contributed by atoms with Gasteiger partial charge in [0.2, 0.25) is 5.78 Å². The lowest BCUT2D eigenvalue weighted by molar-refractivity contribution is 0.594. The summed E-state index contributed by atoms with van der Waals surface area (Å²) in [6.07, 6.45) is 3.21. The molecule has 0 atom stereocenters. The van der Waals surface area contributed by atoms with E-state index in [-0.39, 0.29) is 5.56 Å². The molecule has 2 heterocycles. The van der Waals surface area contributed by atoms with Gasteiger partial charge in [-0.25, -0.2) is 0 Å². The van der Waals surface area contributed by atoms with Crippen LogP contribution in [-0.4, -0.2) is 24.9 Å². The van der Waals surface area contributed by atoms with E-state index in [1.54, 1.807) is 16.3 Å². The first-order valence-electron chi connectivity index (χ1n) is 8.63. The predicted octanol–water partition coefficient (Wildman–Crippen LogP) is 3.98. The molecule has 0 unspecified atom stereocenters. The first-order chi connectivity index (χ1) is 11.6. The van der Waals surface area contributed by atoms with Crippen LogP contribution in [0.1, 0.15) is 40.0 Å². The fourth-order valence-electron chi connectivity index (χ4n) is 2.79. The minimum absolute atomic E-state index is 0.0296. The van der Waals surface area contributed by atoms with Gasteiger partial charge in [-0.1, -0.05) is 57.5 Å². The molecule has 3 aromatic rings. The van der Waals surface area contributed by atoms with Gasteiger partial charge in [0.15, 0.2) is 5.16 Å². The summed E-state index contributed by atoms with van der Waals surface area (Å²) in [6, 6.07) is 7.74. The van der Waals surface area contributed by atoms with Crippen molar-refractivity contribution < 1.29 is 0 Å². The number of benzene rings is 1. The van der Waals surface area contributed by atoms with Crippen LogP contribution in [0.25, 0.3) is 16.7 Å². The zero-order valence-corrected chi connectivity index (χ0v) is 15.3. The highest BCUT2D eigenvalue weighted by Gasteiger charge is 2.16. The van der Waals surface area contributed by atoms with Gasteiger partial charge in [0.1, 0.15) is 0 Å². The van der Waals surface area contributed by atoms with Gasteiger partial charge in [0.05, 0.1) is 10.9 Å². The van der Waals surface area contributed by atoms with Crippen molar-refractivity contribution >= 4 is 28.4 Å². The first kappa shape index (κ1) is 17.0. The summed E-state index contributed by atoms with van der Waals surface area (Å²) in [5.41, 5.74) is 0.919. The van der Waals surface area contributed by atoms with Crippen molar-refractivity contribution in [3.8, 4) is 0 Å². The third-order valence-electron chi connectivity index (χ3n) is 4.01. The van der Waals surface area contributed by atoms with Crippen LogP contribution in [0.2, 0.25) is 0 Å². The third-order valence-corrected chi connectivity index (χ3v) is 5.37. The summed E-state index contributed by atoms with van der Waals surface area (Å²) in [5, 5.41) is 10.3. The number of para-hydroxylation sites is 1. The van der Waals surface area contributed by atoms with Crippen molar-refractivity contribution in [2.24, 2.45) is 5.92 Å². The zero-order chi connectivity index (χ0) is 17.1. The Bertz CT molecular complexity index is 897. The summed E-state index contributed by atoms with van der Waals surface area (Å²) >= 11 is 1.70. The number of hydrogen-bond donors (Lipinski definition) is 0. The highest BCUT2D eigenvalue weighted by atomic mass is 32.2. The van der Waals surface area contributed by atoms with E-state index in [0.29, 0.717) is 18.2 Å². The van der Waals surface area contributed by atoms with Crippen LogP contribution in [0, 0.1) is 5.92 Å². The molecular formula is C18H24N4OS. The van der Waals surface area contributed by atoms with Crippen molar-refractivity contribution in [1.29, 1.82) is 0 Å². The SMILES string of the molecule is CCCCCn1c(=O)c2ccccc2n2c(SCC(C)C)nnc12. The zero-order valence-electron chi connectivity index (χ0n) is 14.5. The minimum Gasteiger partial charge on any atom is -0.276 e. The molecule has 0 N–H and O–H groups in total. The van der Waals surface area contributed by atoms with Crippen LogP contribution in [0.4, 0.5) is 0 Å². The molecule has 0 radical (unpaired) electrons. The normalized spacial score (nSPS) is 11.8. The molecule has 1 aromatic carbocycles. The van der Waals surface area contributed by atoms with Crippen LogP contribution in [0.15, 0.2) is 34.2 Å². The van der Waals surface area contributed by atoms with E-state index in [1.165, 1.54) is 0 Å². The summed E-state index contributed by atoms with van der Waals surface area (Å²) in [7, 11) is 0. The number of thioether (sulfide) groups is 1. The molecule has 2 aromatic heterocycles. The molecule has 0 fully saturated rings. The number of fused-ring (bicyclic) bond motifs is 3. The van der Waals surface area contributed by atoms with Crippen LogP contribution >= 0.6 is 11.8 Å². The monoisotopic (exact) mass is 344 g/mol. The number of rotatable bonds is 7. The van der Waals surface area contributed by atoms with Crippen LogP contribution in [-0.2, 0) is 6.54 Å². The van der Waals surface area contributed by atoms with Gasteiger partial charge in [-0.15, -0.1) is 10.2 Å². The molecule has 128 valence electrons. The summed E-state index contributed by atoms with van der Waals surface area (Å²) in [4.78, 5) is 12.9. The van der Waals surface area contributed by atoms with Crippen LogP contribution < -0.4 is 5.56 Å². The molecule has 0 saturated carbocycles. The molecule has 0 aliphatic carbocycles. The average molecular weight is 344 g/mol. The number of nitrogens with zero attached hydrogens (tertiary/aromatic N) is 4. The lowest BCUT2D eigenvalue weighted by atomic mass is 10.2. The maximum Gasteiger partial charge on any atom is 0.262 e. The number of aryl methyl sites for hydroxylation is 1. The lowest BCUT2D eigenvalue weighted by Crippen LogP contribution is -2.23. The molecule has 0 aliphatic rings. The fourth-order valence-corrected chi connectivity index (χ4v) is 3.68. The average Bonchev–Trinajstić information content (AvgIpc) is 3.00. The van der Waals surface area contributed by atoms with Gasteiger partial charge >= 0.3 is 0 Å². The van der Waals surface area contributed by atoms with Crippen molar-refractivity contribution in [1.82, 2.24) is 19.2 Å².